The number of benzene rings is 1. The Hall–Kier alpha value is -1.75. The van der Waals surface area contributed by atoms with Crippen LogP contribution in [0.5, 0.6) is 5.75 Å². The third-order valence-electron chi connectivity index (χ3n) is 2.54. The summed E-state index contributed by atoms with van der Waals surface area (Å²) in [5.74, 6) is 1.80. The van der Waals surface area contributed by atoms with Crippen molar-refractivity contribution in [1.82, 2.24) is 0 Å². The monoisotopic (exact) mass is 279 g/mol. The van der Waals surface area contributed by atoms with Gasteiger partial charge < -0.3 is 20.5 Å². The van der Waals surface area contributed by atoms with E-state index in [2.05, 4.69) is 24.2 Å². The molecule has 0 fully saturated rings. The highest BCUT2D eigenvalue weighted by Crippen LogP contribution is 2.14. The van der Waals surface area contributed by atoms with E-state index < -0.39 is 0 Å². The summed E-state index contributed by atoms with van der Waals surface area (Å²) in [6.07, 6.45) is 0.873. The maximum atomic E-state index is 5.81. The second-order valence-electron chi connectivity index (χ2n) is 4.94. The third kappa shape index (κ3) is 6.99. The molecule has 0 unspecified atom stereocenters. The summed E-state index contributed by atoms with van der Waals surface area (Å²) in [7, 11) is 1.64. The number of ether oxygens (including phenoxy) is 2. The third-order valence-corrected chi connectivity index (χ3v) is 2.54. The Morgan fingerprint density at radius 3 is 2.60 bits per heavy atom. The van der Waals surface area contributed by atoms with Gasteiger partial charge in [0.1, 0.15) is 5.75 Å². The van der Waals surface area contributed by atoms with Crippen molar-refractivity contribution in [2.45, 2.75) is 20.3 Å². The molecule has 5 heteroatoms. The van der Waals surface area contributed by atoms with Crippen LogP contribution in [0.4, 0.5) is 5.69 Å². The Balaban J connectivity index is 2.23. The number of nitrogens with one attached hydrogen (secondary N) is 1. The zero-order valence-electron chi connectivity index (χ0n) is 12.6. The lowest BCUT2D eigenvalue weighted by molar-refractivity contribution is 0.109. The van der Waals surface area contributed by atoms with E-state index in [1.807, 2.05) is 24.3 Å². The summed E-state index contributed by atoms with van der Waals surface area (Å²) in [5, 5.41) is 3.03. The first-order valence-electron chi connectivity index (χ1n) is 6.90. The van der Waals surface area contributed by atoms with Gasteiger partial charge in [0.25, 0.3) is 0 Å². The van der Waals surface area contributed by atoms with E-state index in [-0.39, 0.29) is 0 Å². The first-order valence-corrected chi connectivity index (χ1v) is 6.90. The van der Waals surface area contributed by atoms with Crippen LogP contribution in [0, 0.1) is 5.92 Å². The predicted molar refractivity (Wildman–Crippen MR) is 83.4 cm³/mol. The lowest BCUT2D eigenvalue weighted by atomic mass is 10.2. The van der Waals surface area contributed by atoms with Gasteiger partial charge in [-0.3, -0.25) is 4.99 Å². The highest BCUT2D eigenvalue weighted by molar-refractivity contribution is 5.92. The fourth-order valence-electron chi connectivity index (χ4n) is 1.55. The molecule has 20 heavy (non-hydrogen) atoms. The Morgan fingerprint density at radius 2 is 2.00 bits per heavy atom. The molecule has 0 heterocycles. The van der Waals surface area contributed by atoms with Crippen LogP contribution in [-0.4, -0.2) is 32.8 Å². The number of hydrogen-bond acceptors (Lipinski definition) is 3. The molecule has 1 aromatic rings. The average molecular weight is 279 g/mol. The minimum Gasteiger partial charge on any atom is -0.497 e. The quantitative estimate of drug-likeness (QED) is 0.436. The van der Waals surface area contributed by atoms with Gasteiger partial charge in [0.2, 0.25) is 0 Å². The van der Waals surface area contributed by atoms with E-state index in [4.69, 9.17) is 15.2 Å². The highest BCUT2D eigenvalue weighted by atomic mass is 16.5. The summed E-state index contributed by atoms with van der Waals surface area (Å²) in [4.78, 5) is 4.25. The van der Waals surface area contributed by atoms with Gasteiger partial charge in [0.15, 0.2) is 5.96 Å². The average Bonchev–Trinajstić information content (AvgIpc) is 2.43. The molecule has 1 aromatic carbocycles. The van der Waals surface area contributed by atoms with Gasteiger partial charge in [-0.25, -0.2) is 0 Å². The van der Waals surface area contributed by atoms with Crippen molar-refractivity contribution < 1.29 is 9.47 Å². The molecule has 0 bridgehead atoms. The molecule has 0 saturated heterocycles. The molecule has 5 nitrogen and oxygen atoms in total. The number of anilines is 1. The second-order valence-corrected chi connectivity index (χ2v) is 4.94. The summed E-state index contributed by atoms with van der Waals surface area (Å²) in [5.41, 5.74) is 6.70. The number of aliphatic imine (C=N–C) groups is 1. The zero-order valence-corrected chi connectivity index (χ0v) is 12.6. The van der Waals surface area contributed by atoms with Gasteiger partial charge >= 0.3 is 0 Å². The lowest BCUT2D eigenvalue weighted by Gasteiger charge is -2.07. The molecule has 0 radical (unpaired) electrons. The summed E-state index contributed by atoms with van der Waals surface area (Å²) < 4.78 is 10.6. The Kier molecular flexibility index (Phi) is 7.50. The standard InChI is InChI=1S/C15H25N3O2/c1-12(2)11-20-10-4-9-17-15(16)18-13-5-7-14(19-3)8-6-13/h5-8,12H,4,9-11H2,1-3H3,(H3,16,17,18). The van der Waals surface area contributed by atoms with Crippen molar-refractivity contribution in [2.75, 3.05) is 32.2 Å². The van der Waals surface area contributed by atoms with Gasteiger partial charge in [-0.15, -0.1) is 0 Å². The van der Waals surface area contributed by atoms with E-state index >= 15 is 0 Å². The van der Waals surface area contributed by atoms with Crippen molar-refractivity contribution in [3.05, 3.63) is 24.3 Å². The molecule has 0 aromatic heterocycles. The Labute approximate surface area is 121 Å². The molecule has 0 saturated carbocycles. The Morgan fingerprint density at radius 1 is 1.30 bits per heavy atom. The first-order chi connectivity index (χ1) is 9.61. The Bertz CT molecular complexity index is 402. The molecule has 0 aliphatic carbocycles. The normalized spacial score (nSPS) is 11.7. The van der Waals surface area contributed by atoms with Crippen molar-refractivity contribution in [3.63, 3.8) is 0 Å². The van der Waals surface area contributed by atoms with Gasteiger partial charge in [-0.2, -0.15) is 0 Å². The van der Waals surface area contributed by atoms with Crippen molar-refractivity contribution >= 4 is 11.6 Å². The van der Waals surface area contributed by atoms with Gasteiger partial charge in [0, 0.05) is 25.4 Å². The molecule has 0 spiro atoms. The largest absolute Gasteiger partial charge is 0.497 e. The maximum Gasteiger partial charge on any atom is 0.193 e. The minimum absolute atomic E-state index is 0.416. The molecule has 0 atom stereocenters. The van der Waals surface area contributed by atoms with Crippen LogP contribution in [0.2, 0.25) is 0 Å². The predicted octanol–water partition coefficient (Wildman–Crippen LogP) is 2.48. The topological polar surface area (TPSA) is 68.9 Å². The molecule has 3 N–H and O–H groups in total. The number of rotatable bonds is 8. The number of methoxy groups -OCH3 is 1. The maximum absolute atomic E-state index is 5.81. The number of guanidine groups is 1. The van der Waals surface area contributed by atoms with E-state index in [1.54, 1.807) is 7.11 Å². The van der Waals surface area contributed by atoms with Crippen LogP contribution in [0.15, 0.2) is 29.3 Å². The number of nitrogens with zero attached hydrogens (tertiary/aromatic N) is 1. The molecule has 0 aliphatic rings. The SMILES string of the molecule is COc1ccc(NC(N)=NCCCOCC(C)C)cc1. The van der Waals surface area contributed by atoms with Crippen LogP contribution >= 0.6 is 0 Å². The van der Waals surface area contributed by atoms with E-state index in [9.17, 15) is 0 Å². The highest BCUT2D eigenvalue weighted by Gasteiger charge is 1.97. The van der Waals surface area contributed by atoms with Gasteiger partial charge in [0.05, 0.1) is 7.11 Å². The lowest BCUT2D eigenvalue weighted by Crippen LogP contribution is -2.23. The fourth-order valence-corrected chi connectivity index (χ4v) is 1.55. The number of hydrogen-bond donors (Lipinski definition) is 2. The summed E-state index contributed by atoms with van der Waals surface area (Å²) in [6, 6.07) is 7.53. The fraction of sp³-hybridized carbons (Fsp3) is 0.533. The van der Waals surface area contributed by atoms with Crippen LogP contribution in [0.1, 0.15) is 20.3 Å². The first kappa shape index (κ1) is 16.3. The van der Waals surface area contributed by atoms with Crippen molar-refractivity contribution in [3.8, 4) is 5.75 Å². The molecule has 0 aliphatic heterocycles. The summed E-state index contributed by atoms with van der Waals surface area (Å²) >= 11 is 0. The van der Waals surface area contributed by atoms with Gasteiger partial charge in [-0.1, -0.05) is 13.8 Å². The van der Waals surface area contributed by atoms with E-state index in [0.717, 1.165) is 31.1 Å². The van der Waals surface area contributed by atoms with Crippen LogP contribution in [0.3, 0.4) is 0 Å². The summed E-state index contributed by atoms with van der Waals surface area (Å²) in [6.45, 7) is 6.44. The molecule has 112 valence electrons. The molecule has 0 amide bonds. The molecule has 1 rings (SSSR count). The number of nitrogens with two attached hydrogens (primary N) is 1. The van der Waals surface area contributed by atoms with Crippen molar-refractivity contribution in [2.24, 2.45) is 16.6 Å². The minimum atomic E-state index is 0.416. The molecular weight excluding hydrogens is 254 g/mol. The molecular formula is C15H25N3O2. The van der Waals surface area contributed by atoms with Crippen LogP contribution in [-0.2, 0) is 4.74 Å². The van der Waals surface area contributed by atoms with Gasteiger partial charge in [-0.05, 0) is 36.6 Å². The van der Waals surface area contributed by atoms with E-state index in [0.29, 0.717) is 18.4 Å². The zero-order chi connectivity index (χ0) is 14.8. The second kappa shape index (κ2) is 9.20. The van der Waals surface area contributed by atoms with Crippen LogP contribution in [0.25, 0.3) is 0 Å². The van der Waals surface area contributed by atoms with Crippen molar-refractivity contribution in [1.29, 1.82) is 0 Å². The smallest absolute Gasteiger partial charge is 0.193 e. The van der Waals surface area contributed by atoms with Crippen LogP contribution < -0.4 is 15.8 Å². The van der Waals surface area contributed by atoms with E-state index in [1.165, 1.54) is 0 Å².